The highest BCUT2D eigenvalue weighted by molar-refractivity contribution is 6.25. The molecule has 11 rings (SSSR count). The number of fused-ring (bicyclic) bond motifs is 10. The van der Waals surface area contributed by atoms with Gasteiger partial charge >= 0.3 is 0 Å². The number of aliphatic imine (C=N–C) groups is 1. The Morgan fingerprint density at radius 1 is 0.579 bits per heavy atom. The van der Waals surface area contributed by atoms with Crippen molar-refractivity contribution in [2.45, 2.75) is 19.4 Å². The number of furan rings is 1. The molecule has 0 bridgehead atoms. The van der Waals surface area contributed by atoms with Gasteiger partial charge in [0.2, 0.25) is 0 Å². The van der Waals surface area contributed by atoms with E-state index >= 15 is 0 Å². The molecule has 0 saturated carbocycles. The van der Waals surface area contributed by atoms with E-state index in [9.17, 15) is 0 Å². The van der Waals surface area contributed by atoms with E-state index in [0.29, 0.717) is 5.42 Å². The van der Waals surface area contributed by atoms with E-state index in [1.165, 1.54) is 59.7 Å². The quantitative estimate of drug-likeness (QED) is 0.128. The summed E-state index contributed by atoms with van der Waals surface area (Å²) in [6.45, 7) is 6.69. The number of nitrogens with zero attached hydrogens (tertiary/aromatic N) is 2. The molecule has 1 atom stereocenters. The van der Waals surface area contributed by atoms with Gasteiger partial charge in [-0.15, -0.1) is 0 Å². The highest BCUT2D eigenvalue weighted by Crippen LogP contribution is 2.38. The number of hydrogen-bond acceptors (Lipinski definition) is 2. The summed E-state index contributed by atoms with van der Waals surface area (Å²) in [5, 5.41) is 11.7. The highest BCUT2D eigenvalue weighted by Gasteiger charge is 2.20. The summed E-state index contributed by atoms with van der Waals surface area (Å²) in [5.74, 6) is 0. The lowest BCUT2D eigenvalue weighted by Crippen LogP contribution is -2.22. The Kier molecular flexibility index (Phi) is 7.68. The summed E-state index contributed by atoms with van der Waals surface area (Å²) in [7, 11) is 0. The van der Waals surface area contributed by atoms with E-state index < -0.39 is 0 Å². The topological polar surface area (TPSA) is 30.4 Å². The molecule has 1 aliphatic carbocycles. The Balaban J connectivity index is 1.10. The molecular weight excluding hydrogens is 693 g/mol. The van der Waals surface area contributed by atoms with Crippen molar-refractivity contribution in [2.75, 3.05) is 0 Å². The minimum absolute atomic E-state index is 0.178. The fourth-order valence-electron chi connectivity index (χ4n) is 9.08. The van der Waals surface area contributed by atoms with Crippen LogP contribution in [0.4, 0.5) is 0 Å². The molecule has 270 valence electrons. The third-order valence-corrected chi connectivity index (χ3v) is 11.8. The number of rotatable bonds is 5. The van der Waals surface area contributed by atoms with Gasteiger partial charge in [0.1, 0.15) is 11.3 Å². The predicted octanol–water partition coefficient (Wildman–Crippen LogP) is 12.7. The first-order chi connectivity index (χ1) is 28.1. The Morgan fingerprint density at radius 2 is 1.14 bits per heavy atom. The molecule has 2 aromatic heterocycles. The zero-order valence-corrected chi connectivity index (χ0v) is 31.6. The van der Waals surface area contributed by atoms with Crippen molar-refractivity contribution in [3.63, 3.8) is 0 Å². The maximum atomic E-state index is 6.90. The lowest BCUT2D eigenvalue weighted by Gasteiger charge is -2.21. The minimum Gasteiger partial charge on any atom is -0.454 e. The number of hydrogen-bond donors (Lipinski definition) is 0. The Labute approximate surface area is 330 Å². The van der Waals surface area contributed by atoms with Crippen LogP contribution in [0.5, 0.6) is 0 Å². The average molecular weight is 731 g/mol. The van der Waals surface area contributed by atoms with Crippen LogP contribution in [0, 0.1) is 0 Å². The zero-order valence-electron chi connectivity index (χ0n) is 31.6. The Bertz CT molecular complexity index is 3380. The van der Waals surface area contributed by atoms with Crippen molar-refractivity contribution < 1.29 is 4.42 Å². The number of allylic oxidation sites excluding steroid dienone is 4. The molecule has 1 aliphatic rings. The van der Waals surface area contributed by atoms with Gasteiger partial charge in [0, 0.05) is 43.7 Å². The number of benzene rings is 8. The van der Waals surface area contributed by atoms with Crippen LogP contribution < -0.4 is 10.6 Å². The monoisotopic (exact) mass is 730 g/mol. The second-order valence-corrected chi connectivity index (χ2v) is 15.1. The Morgan fingerprint density at radius 3 is 1.81 bits per heavy atom. The normalized spacial score (nSPS) is 15.4. The summed E-state index contributed by atoms with van der Waals surface area (Å²) in [6.07, 6.45) is 7.88. The van der Waals surface area contributed by atoms with Crippen LogP contribution in [0.25, 0.3) is 82.9 Å². The molecule has 3 heteroatoms. The van der Waals surface area contributed by atoms with Crippen LogP contribution >= 0.6 is 0 Å². The van der Waals surface area contributed by atoms with Gasteiger partial charge in [-0.05, 0) is 92.7 Å². The molecular formula is C54H38N2O. The molecule has 10 aromatic rings. The van der Waals surface area contributed by atoms with Crippen molar-refractivity contribution in [3.05, 3.63) is 209 Å². The lowest BCUT2D eigenvalue weighted by atomic mass is 9.93. The zero-order chi connectivity index (χ0) is 38.0. The maximum absolute atomic E-state index is 6.90. The van der Waals surface area contributed by atoms with Gasteiger partial charge in [0.25, 0.3) is 0 Å². The fourth-order valence-corrected chi connectivity index (χ4v) is 9.08. The van der Waals surface area contributed by atoms with Crippen LogP contribution in [0.1, 0.15) is 36.1 Å². The van der Waals surface area contributed by atoms with Gasteiger partial charge in [0.05, 0.1) is 6.04 Å². The van der Waals surface area contributed by atoms with Crippen LogP contribution in [-0.4, -0.2) is 10.3 Å². The Hall–Kier alpha value is -7.23. The second kappa shape index (κ2) is 13.2. The van der Waals surface area contributed by atoms with E-state index in [2.05, 4.69) is 194 Å². The average Bonchev–Trinajstić information content (AvgIpc) is 3.79. The van der Waals surface area contributed by atoms with Gasteiger partial charge in [-0.25, -0.2) is 4.99 Å². The van der Waals surface area contributed by atoms with Gasteiger partial charge < -0.3 is 8.98 Å². The third-order valence-electron chi connectivity index (χ3n) is 11.8. The summed E-state index contributed by atoms with van der Waals surface area (Å²) in [6, 6.07) is 58.6. The first-order valence-electron chi connectivity index (χ1n) is 19.7. The van der Waals surface area contributed by atoms with Crippen LogP contribution in [0.15, 0.2) is 191 Å². The number of aromatic nitrogens is 1. The molecule has 0 aliphatic heterocycles. The van der Waals surface area contributed by atoms with Crippen molar-refractivity contribution in [1.82, 2.24) is 4.57 Å². The highest BCUT2D eigenvalue weighted by atomic mass is 16.3. The molecule has 57 heavy (non-hydrogen) atoms. The molecule has 0 spiro atoms. The molecule has 0 N–H and O–H groups in total. The minimum atomic E-state index is 0.178. The molecule has 0 fully saturated rings. The van der Waals surface area contributed by atoms with Crippen molar-refractivity contribution in [3.8, 4) is 0 Å². The SMILES string of the molecule is C=c1/c(=C(\N=C(C)c2ccccc2)c2ccc3c4ccccc4c4ccccc4c3c2)oc2cc(C3=CC(n4c5ccccc5c5ccccc54)CC=C3)ccc12. The van der Waals surface area contributed by atoms with Crippen LogP contribution in [-0.2, 0) is 0 Å². The van der Waals surface area contributed by atoms with E-state index in [4.69, 9.17) is 9.41 Å². The first-order valence-corrected chi connectivity index (χ1v) is 19.7. The molecule has 8 aromatic carbocycles. The lowest BCUT2D eigenvalue weighted by molar-refractivity contribution is 0.572. The molecule has 3 nitrogen and oxygen atoms in total. The largest absolute Gasteiger partial charge is 0.454 e. The van der Waals surface area contributed by atoms with Crippen molar-refractivity contribution >= 4 is 88.7 Å². The van der Waals surface area contributed by atoms with Gasteiger partial charge in [0.15, 0.2) is 5.42 Å². The van der Waals surface area contributed by atoms with Crippen LogP contribution in [0.3, 0.4) is 0 Å². The summed E-state index contributed by atoms with van der Waals surface area (Å²) >= 11 is 0. The molecule has 0 radical (unpaired) electrons. The van der Waals surface area contributed by atoms with E-state index in [0.717, 1.165) is 50.7 Å². The van der Waals surface area contributed by atoms with Crippen molar-refractivity contribution in [1.29, 1.82) is 0 Å². The molecule has 0 amide bonds. The first kappa shape index (κ1) is 33.1. The third kappa shape index (κ3) is 5.38. The predicted molar refractivity (Wildman–Crippen MR) is 241 cm³/mol. The van der Waals surface area contributed by atoms with Crippen LogP contribution in [0.2, 0.25) is 0 Å². The van der Waals surface area contributed by atoms with Gasteiger partial charge in [-0.1, -0.05) is 158 Å². The maximum Gasteiger partial charge on any atom is 0.161 e. The standard InChI is InChI=1S/C54H38N2O/c1-34-41-29-27-38(37-17-14-18-40(31-37)56-50-25-12-10-23-47(50)48-24-11-13-26-51(48)56)33-52(41)57-54(34)53(55-35(2)36-15-4-3-5-16-36)39-28-30-46-44-21-7-6-19-42(44)43-20-8-9-22-45(43)49(46)32-39/h3-17,19-33,40H,1,18H2,2H3/b54-53+,55-35?. The van der Waals surface area contributed by atoms with Crippen molar-refractivity contribution in [2.24, 2.45) is 4.99 Å². The molecule has 1 unspecified atom stereocenters. The van der Waals surface area contributed by atoms with E-state index in [1.54, 1.807) is 0 Å². The fraction of sp³-hybridized carbons (Fsp3) is 0.0556. The smallest absolute Gasteiger partial charge is 0.161 e. The number of para-hydroxylation sites is 2. The molecule has 0 saturated heterocycles. The summed E-state index contributed by atoms with van der Waals surface area (Å²) < 4.78 is 9.40. The summed E-state index contributed by atoms with van der Waals surface area (Å²) in [4.78, 5) is 5.37. The van der Waals surface area contributed by atoms with E-state index in [1.807, 2.05) is 6.07 Å². The summed E-state index contributed by atoms with van der Waals surface area (Å²) in [5.41, 5.74) is 9.98. The van der Waals surface area contributed by atoms with Gasteiger partial charge in [-0.3, -0.25) is 0 Å². The van der Waals surface area contributed by atoms with Gasteiger partial charge in [-0.2, -0.15) is 0 Å². The second-order valence-electron chi connectivity index (χ2n) is 15.1. The molecule has 2 heterocycles. The van der Waals surface area contributed by atoms with E-state index in [-0.39, 0.29) is 6.04 Å².